The molecule has 0 bridgehead atoms. The van der Waals surface area contributed by atoms with Gasteiger partial charge in [-0.2, -0.15) is 13.2 Å². The molecule has 1 aromatic carbocycles. The zero-order valence-electron chi connectivity index (χ0n) is 15.7. The van der Waals surface area contributed by atoms with Crippen LogP contribution in [0.4, 0.5) is 17.6 Å². The number of aliphatic hydroxyl groups is 1. The van der Waals surface area contributed by atoms with Crippen molar-refractivity contribution in [1.29, 1.82) is 0 Å². The van der Waals surface area contributed by atoms with Gasteiger partial charge in [-0.1, -0.05) is 6.07 Å². The summed E-state index contributed by atoms with van der Waals surface area (Å²) < 4.78 is 55.6. The number of pyridine rings is 1. The van der Waals surface area contributed by atoms with Gasteiger partial charge in [-0.25, -0.2) is 19.3 Å². The molecule has 0 unspecified atom stereocenters. The summed E-state index contributed by atoms with van der Waals surface area (Å²) in [6.07, 6.45) is -3.23. The molecule has 0 spiro atoms. The molecule has 4 rings (SSSR count). The molecule has 0 amide bonds. The summed E-state index contributed by atoms with van der Waals surface area (Å²) in [5, 5.41) is 10.3. The Bertz CT molecular complexity index is 1260. The van der Waals surface area contributed by atoms with Crippen molar-refractivity contribution in [2.45, 2.75) is 32.5 Å². The van der Waals surface area contributed by atoms with Gasteiger partial charge in [0.05, 0.1) is 28.6 Å². The van der Waals surface area contributed by atoms with Crippen LogP contribution in [0.1, 0.15) is 30.8 Å². The van der Waals surface area contributed by atoms with Crippen molar-refractivity contribution < 1.29 is 22.7 Å². The molecular formula is C20H16F4N4O. The van der Waals surface area contributed by atoms with Gasteiger partial charge in [0, 0.05) is 0 Å². The SMILES string of the molecule is Cc1nc2ccc(C(F)(F)F)nc2n2c(-c3cc(C(C)(C)O)ccc3F)ncc12. The number of hydrogen-bond donors (Lipinski definition) is 1. The van der Waals surface area contributed by atoms with Crippen LogP contribution in [0.3, 0.4) is 0 Å². The highest BCUT2D eigenvalue weighted by molar-refractivity contribution is 5.80. The molecule has 1 N–H and O–H groups in total. The average molecular weight is 404 g/mol. The van der Waals surface area contributed by atoms with Crippen LogP contribution in [0.25, 0.3) is 28.1 Å². The lowest BCUT2D eigenvalue weighted by atomic mass is 9.96. The van der Waals surface area contributed by atoms with Gasteiger partial charge in [0.1, 0.15) is 22.9 Å². The number of hydrogen-bond acceptors (Lipinski definition) is 4. The Morgan fingerprint density at radius 2 is 1.76 bits per heavy atom. The van der Waals surface area contributed by atoms with Crippen molar-refractivity contribution in [3.05, 3.63) is 59.3 Å². The molecular weight excluding hydrogens is 388 g/mol. The number of benzene rings is 1. The molecule has 3 aromatic heterocycles. The predicted octanol–water partition coefficient (Wildman–Crippen LogP) is 4.64. The molecule has 9 heteroatoms. The summed E-state index contributed by atoms with van der Waals surface area (Å²) in [5.74, 6) is -0.550. The molecule has 4 aromatic rings. The Kier molecular flexibility index (Phi) is 4.13. The number of imidazole rings is 1. The molecule has 3 heterocycles. The highest BCUT2D eigenvalue weighted by Gasteiger charge is 2.33. The maximum atomic E-state index is 14.7. The first-order chi connectivity index (χ1) is 13.5. The number of fused-ring (bicyclic) bond motifs is 3. The van der Waals surface area contributed by atoms with E-state index in [1.807, 2.05) is 0 Å². The fourth-order valence-electron chi connectivity index (χ4n) is 3.18. The van der Waals surface area contributed by atoms with Crippen molar-refractivity contribution in [2.24, 2.45) is 0 Å². The fraction of sp³-hybridized carbons (Fsp3) is 0.250. The molecule has 5 nitrogen and oxygen atoms in total. The minimum Gasteiger partial charge on any atom is -0.386 e. The zero-order chi connectivity index (χ0) is 21.1. The normalized spacial score (nSPS) is 12.8. The summed E-state index contributed by atoms with van der Waals surface area (Å²) >= 11 is 0. The first-order valence-electron chi connectivity index (χ1n) is 8.71. The van der Waals surface area contributed by atoms with Crippen LogP contribution in [-0.4, -0.2) is 24.5 Å². The van der Waals surface area contributed by atoms with Crippen molar-refractivity contribution >= 4 is 16.7 Å². The monoisotopic (exact) mass is 404 g/mol. The van der Waals surface area contributed by atoms with E-state index in [0.29, 0.717) is 16.8 Å². The van der Waals surface area contributed by atoms with Crippen LogP contribution >= 0.6 is 0 Å². The lowest BCUT2D eigenvalue weighted by Gasteiger charge is -2.19. The van der Waals surface area contributed by atoms with E-state index in [-0.39, 0.29) is 22.6 Å². The topological polar surface area (TPSA) is 63.3 Å². The number of halogens is 4. The summed E-state index contributed by atoms with van der Waals surface area (Å²) in [5.41, 5.74) is -0.786. The lowest BCUT2D eigenvalue weighted by Crippen LogP contribution is -2.15. The Morgan fingerprint density at radius 3 is 2.41 bits per heavy atom. The molecule has 0 saturated carbocycles. The third-order valence-electron chi connectivity index (χ3n) is 4.69. The number of aromatic nitrogens is 4. The third kappa shape index (κ3) is 3.21. The molecule has 150 valence electrons. The molecule has 0 radical (unpaired) electrons. The average Bonchev–Trinajstić information content (AvgIpc) is 3.06. The van der Waals surface area contributed by atoms with Crippen molar-refractivity contribution in [3.8, 4) is 11.4 Å². The van der Waals surface area contributed by atoms with Gasteiger partial charge in [0.15, 0.2) is 5.65 Å². The van der Waals surface area contributed by atoms with Gasteiger partial charge >= 0.3 is 6.18 Å². The summed E-state index contributed by atoms with van der Waals surface area (Å²) in [6, 6.07) is 6.14. The van der Waals surface area contributed by atoms with Crippen LogP contribution in [0.15, 0.2) is 36.5 Å². The Morgan fingerprint density at radius 1 is 1.03 bits per heavy atom. The molecule has 29 heavy (non-hydrogen) atoms. The molecule has 0 fully saturated rings. The minimum absolute atomic E-state index is 0.0377. The van der Waals surface area contributed by atoms with E-state index >= 15 is 0 Å². The first kappa shape index (κ1) is 19.3. The van der Waals surface area contributed by atoms with E-state index in [0.717, 1.165) is 6.07 Å². The maximum absolute atomic E-state index is 14.7. The van der Waals surface area contributed by atoms with E-state index in [1.54, 1.807) is 20.8 Å². The van der Waals surface area contributed by atoms with Gasteiger partial charge in [0.2, 0.25) is 0 Å². The number of aryl methyl sites for hydroxylation is 1. The highest BCUT2D eigenvalue weighted by Crippen LogP contribution is 2.32. The number of alkyl halides is 3. The highest BCUT2D eigenvalue weighted by atomic mass is 19.4. The van der Waals surface area contributed by atoms with Crippen molar-refractivity contribution in [1.82, 2.24) is 19.4 Å². The maximum Gasteiger partial charge on any atom is 0.433 e. The van der Waals surface area contributed by atoms with Gasteiger partial charge in [0.25, 0.3) is 0 Å². The second kappa shape index (κ2) is 6.21. The molecule has 0 aliphatic carbocycles. The minimum atomic E-state index is -4.64. The van der Waals surface area contributed by atoms with Gasteiger partial charge in [-0.15, -0.1) is 0 Å². The van der Waals surface area contributed by atoms with E-state index < -0.39 is 23.3 Å². The Balaban J connectivity index is 2.09. The largest absolute Gasteiger partial charge is 0.433 e. The van der Waals surface area contributed by atoms with Gasteiger partial charge in [-0.05, 0) is 50.6 Å². The summed E-state index contributed by atoms with van der Waals surface area (Å²) in [6.45, 7) is 4.78. The van der Waals surface area contributed by atoms with Crippen molar-refractivity contribution in [2.75, 3.05) is 0 Å². The van der Waals surface area contributed by atoms with Gasteiger partial charge in [-0.3, -0.25) is 4.40 Å². The second-order valence-electron chi connectivity index (χ2n) is 7.29. The molecule has 0 aliphatic heterocycles. The second-order valence-corrected chi connectivity index (χ2v) is 7.29. The number of nitrogens with zero attached hydrogens (tertiary/aromatic N) is 4. The Labute approximate surface area is 162 Å². The fourth-order valence-corrected chi connectivity index (χ4v) is 3.18. The van der Waals surface area contributed by atoms with E-state index in [1.165, 1.54) is 34.9 Å². The third-order valence-corrected chi connectivity index (χ3v) is 4.69. The van der Waals surface area contributed by atoms with Crippen LogP contribution < -0.4 is 0 Å². The summed E-state index contributed by atoms with van der Waals surface area (Å²) in [4.78, 5) is 12.3. The lowest BCUT2D eigenvalue weighted by molar-refractivity contribution is -0.141. The van der Waals surface area contributed by atoms with Crippen LogP contribution in [0, 0.1) is 12.7 Å². The molecule has 0 atom stereocenters. The van der Waals surface area contributed by atoms with Gasteiger partial charge < -0.3 is 5.11 Å². The van der Waals surface area contributed by atoms with E-state index in [2.05, 4.69) is 15.0 Å². The van der Waals surface area contributed by atoms with E-state index in [9.17, 15) is 22.7 Å². The Hall–Kier alpha value is -3.07. The standard InChI is InChI=1S/C20H16F4N4O/c1-10-15-9-25-17(12-8-11(19(2,3)29)4-5-13(12)21)28(15)18-14(26-10)6-7-16(27-18)20(22,23)24/h4-9,29H,1-3H3. The number of rotatable bonds is 2. The first-order valence-corrected chi connectivity index (χ1v) is 8.71. The molecule has 0 aliphatic rings. The van der Waals surface area contributed by atoms with Crippen LogP contribution in [0.2, 0.25) is 0 Å². The predicted molar refractivity (Wildman–Crippen MR) is 98.7 cm³/mol. The summed E-state index contributed by atoms with van der Waals surface area (Å²) in [7, 11) is 0. The smallest absolute Gasteiger partial charge is 0.386 e. The quantitative estimate of drug-likeness (QED) is 0.495. The zero-order valence-corrected chi connectivity index (χ0v) is 15.7. The van der Waals surface area contributed by atoms with Crippen LogP contribution in [0.5, 0.6) is 0 Å². The molecule has 0 saturated heterocycles. The van der Waals surface area contributed by atoms with E-state index in [4.69, 9.17) is 0 Å². The van der Waals surface area contributed by atoms with Crippen LogP contribution in [-0.2, 0) is 11.8 Å². The van der Waals surface area contributed by atoms with Crippen molar-refractivity contribution in [3.63, 3.8) is 0 Å².